The van der Waals surface area contributed by atoms with Gasteiger partial charge in [-0.3, -0.25) is 0 Å². The molecule has 0 aliphatic carbocycles. The Hall–Kier alpha value is -3.14. The topological polar surface area (TPSA) is 69.0 Å². The highest BCUT2D eigenvalue weighted by atomic mass is 35.5. The van der Waals surface area contributed by atoms with Crippen LogP contribution in [-0.2, 0) is 17.5 Å². The van der Waals surface area contributed by atoms with E-state index in [1.165, 1.54) is 4.57 Å². The number of nitrogens with zero attached hydrogens (tertiary/aromatic N) is 3. The van der Waals surface area contributed by atoms with Crippen LogP contribution in [0.4, 0.5) is 23.2 Å². The molecule has 0 atom stereocenters. The van der Waals surface area contributed by atoms with Crippen LogP contribution >= 0.6 is 11.6 Å². The predicted octanol–water partition coefficient (Wildman–Crippen LogP) is 6.13. The lowest BCUT2D eigenvalue weighted by atomic mass is 10.1. The molecule has 0 aliphatic rings. The lowest BCUT2D eigenvalue weighted by Crippen LogP contribution is -2.12. The SMILES string of the molecule is CCOC(=O)c1cnc(Cl)c(F)c1NCc1ccc(-c2nc(C(F)(F)F)cn2C(C)C)cc1. The van der Waals surface area contributed by atoms with Crippen molar-refractivity contribution in [1.82, 2.24) is 14.5 Å². The summed E-state index contributed by atoms with van der Waals surface area (Å²) in [4.78, 5) is 19.5. The van der Waals surface area contributed by atoms with Crippen molar-refractivity contribution >= 4 is 23.3 Å². The molecule has 1 N–H and O–H groups in total. The molecule has 2 heterocycles. The Morgan fingerprint density at radius 1 is 1.24 bits per heavy atom. The smallest absolute Gasteiger partial charge is 0.434 e. The third kappa shape index (κ3) is 5.44. The van der Waals surface area contributed by atoms with E-state index in [1.807, 2.05) is 0 Å². The first kappa shape index (κ1) is 24.5. The Labute approximate surface area is 192 Å². The van der Waals surface area contributed by atoms with Crippen molar-refractivity contribution in [2.24, 2.45) is 0 Å². The van der Waals surface area contributed by atoms with Crippen molar-refractivity contribution in [1.29, 1.82) is 0 Å². The minimum absolute atomic E-state index is 0.103. The summed E-state index contributed by atoms with van der Waals surface area (Å²) in [6.07, 6.45) is -2.44. The lowest BCUT2D eigenvalue weighted by Gasteiger charge is -2.14. The fraction of sp³-hybridized carbons (Fsp3) is 0.318. The number of carbonyl (C=O) groups excluding carboxylic acids is 1. The molecular formula is C22H21ClF4N4O2. The number of halogens is 5. The highest BCUT2D eigenvalue weighted by Crippen LogP contribution is 2.33. The molecule has 0 unspecified atom stereocenters. The maximum Gasteiger partial charge on any atom is 0.434 e. The zero-order valence-electron chi connectivity index (χ0n) is 18.0. The summed E-state index contributed by atoms with van der Waals surface area (Å²) in [5.41, 5.74) is -0.0434. The molecule has 0 saturated heterocycles. The monoisotopic (exact) mass is 484 g/mol. The molecule has 0 bridgehead atoms. The molecule has 176 valence electrons. The molecule has 1 aromatic carbocycles. The van der Waals surface area contributed by atoms with E-state index in [9.17, 15) is 22.4 Å². The average molecular weight is 485 g/mol. The molecule has 6 nitrogen and oxygen atoms in total. The first-order valence-electron chi connectivity index (χ1n) is 10.0. The summed E-state index contributed by atoms with van der Waals surface area (Å²) in [5, 5.41) is 2.42. The Kier molecular flexibility index (Phi) is 7.26. The van der Waals surface area contributed by atoms with Gasteiger partial charge >= 0.3 is 12.1 Å². The van der Waals surface area contributed by atoms with Gasteiger partial charge in [0.1, 0.15) is 11.4 Å². The van der Waals surface area contributed by atoms with E-state index in [1.54, 1.807) is 45.0 Å². The van der Waals surface area contributed by atoms with Crippen LogP contribution in [0, 0.1) is 5.82 Å². The number of benzene rings is 1. The van der Waals surface area contributed by atoms with Crippen LogP contribution in [0.5, 0.6) is 0 Å². The molecule has 11 heteroatoms. The quantitative estimate of drug-likeness (QED) is 0.248. The van der Waals surface area contributed by atoms with Crippen LogP contribution in [0.1, 0.15) is 48.4 Å². The van der Waals surface area contributed by atoms with Gasteiger partial charge in [0.15, 0.2) is 16.7 Å². The van der Waals surface area contributed by atoms with Crippen molar-refractivity contribution in [2.45, 2.75) is 39.5 Å². The van der Waals surface area contributed by atoms with Crippen LogP contribution in [0.3, 0.4) is 0 Å². The van der Waals surface area contributed by atoms with Crippen molar-refractivity contribution in [3.05, 3.63) is 64.5 Å². The number of esters is 1. The number of anilines is 1. The van der Waals surface area contributed by atoms with Gasteiger partial charge in [0.05, 0.1) is 12.3 Å². The summed E-state index contributed by atoms with van der Waals surface area (Å²) in [6, 6.07) is 6.35. The zero-order chi connectivity index (χ0) is 24.3. The Balaban J connectivity index is 1.84. The van der Waals surface area contributed by atoms with E-state index in [0.717, 1.165) is 12.4 Å². The summed E-state index contributed by atoms with van der Waals surface area (Å²) in [6.45, 7) is 5.36. The third-order valence-electron chi connectivity index (χ3n) is 4.73. The first-order valence-corrected chi connectivity index (χ1v) is 10.4. The van der Waals surface area contributed by atoms with Gasteiger partial charge in [-0.2, -0.15) is 13.2 Å². The fourth-order valence-corrected chi connectivity index (χ4v) is 3.24. The van der Waals surface area contributed by atoms with Crippen LogP contribution in [-0.4, -0.2) is 27.1 Å². The van der Waals surface area contributed by atoms with Crippen molar-refractivity contribution < 1.29 is 27.1 Å². The molecule has 0 fully saturated rings. The van der Waals surface area contributed by atoms with Gasteiger partial charge in [0.25, 0.3) is 0 Å². The summed E-state index contributed by atoms with van der Waals surface area (Å²) >= 11 is 5.74. The molecule has 33 heavy (non-hydrogen) atoms. The van der Waals surface area contributed by atoms with E-state index < -0.39 is 28.8 Å². The third-order valence-corrected chi connectivity index (χ3v) is 5.00. The number of hydrogen-bond acceptors (Lipinski definition) is 5. The molecule has 0 spiro atoms. The summed E-state index contributed by atoms with van der Waals surface area (Å²) in [7, 11) is 0. The lowest BCUT2D eigenvalue weighted by molar-refractivity contribution is -0.140. The number of ether oxygens (including phenoxy) is 1. The molecule has 0 amide bonds. The minimum atomic E-state index is -4.55. The number of alkyl halides is 3. The number of nitrogens with one attached hydrogen (secondary N) is 1. The number of aromatic nitrogens is 3. The van der Waals surface area contributed by atoms with Gasteiger partial charge in [0, 0.05) is 30.5 Å². The van der Waals surface area contributed by atoms with E-state index in [-0.39, 0.29) is 36.3 Å². The van der Waals surface area contributed by atoms with Gasteiger partial charge in [0.2, 0.25) is 0 Å². The second-order valence-corrected chi connectivity index (χ2v) is 7.73. The predicted molar refractivity (Wildman–Crippen MR) is 116 cm³/mol. The largest absolute Gasteiger partial charge is 0.462 e. The fourth-order valence-electron chi connectivity index (χ4n) is 3.10. The van der Waals surface area contributed by atoms with Gasteiger partial charge < -0.3 is 14.6 Å². The zero-order valence-corrected chi connectivity index (χ0v) is 18.8. The maximum absolute atomic E-state index is 14.5. The highest BCUT2D eigenvalue weighted by Gasteiger charge is 2.35. The first-order chi connectivity index (χ1) is 15.5. The minimum Gasteiger partial charge on any atom is -0.462 e. The van der Waals surface area contributed by atoms with Crippen LogP contribution < -0.4 is 5.32 Å². The average Bonchev–Trinajstić information content (AvgIpc) is 3.22. The molecule has 0 saturated carbocycles. The number of pyridine rings is 1. The number of rotatable bonds is 7. The standard InChI is InChI=1S/C22H21ClF4N4O2/c1-4-33-21(32)15-10-29-19(23)17(24)18(15)28-9-13-5-7-14(8-6-13)20-30-16(22(25,26)27)11-31(20)12(2)3/h5-8,10-12H,4,9H2,1-3H3,(H,28,29). The van der Waals surface area contributed by atoms with Gasteiger partial charge in [-0.25, -0.2) is 19.2 Å². The van der Waals surface area contributed by atoms with E-state index in [2.05, 4.69) is 15.3 Å². The van der Waals surface area contributed by atoms with Crippen LogP contribution in [0.25, 0.3) is 11.4 Å². The van der Waals surface area contributed by atoms with Crippen molar-refractivity contribution in [2.75, 3.05) is 11.9 Å². The summed E-state index contributed by atoms with van der Waals surface area (Å²) in [5.74, 6) is -1.45. The molecule has 0 aliphatic heterocycles. The molecule has 3 rings (SSSR count). The molecule has 0 radical (unpaired) electrons. The van der Waals surface area contributed by atoms with E-state index >= 15 is 0 Å². The van der Waals surface area contributed by atoms with Gasteiger partial charge in [-0.05, 0) is 26.3 Å². The molecular weight excluding hydrogens is 464 g/mol. The van der Waals surface area contributed by atoms with E-state index in [4.69, 9.17) is 16.3 Å². The number of carbonyl (C=O) groups is 1. The van der Waals surface area contributed by atoms with Crippen LogP contribution in [0.2, 0.25) is 5.15 Å². The second kappa shape index (κ2) is 9.78. The normalized spacial score (nSPS) is 11.7. The van der Waals surface area contributed by atoms with Crippen molar-refractivity contribution in [3.63, 3.8) is 0 Å². The second-order valence-electron chi connectivity index (χ2n) is 7.37. The van der Waals surface area contributed by atoms with Gasteiger partial charge in [-0.15, -0.1) is 0 Å². The maximum atomic E-state index is 14.5. The molecule has 3 aromatic rings. The Morgan fingerprint density at radius 2 is 1.91 bits per heavy atom. The number of hydrogen-bond donors (Lipinski definition) is 1. The van der Waals surface area contributed by atoms with Crippen LogP contribution in [0.15, 0.2) is 36.7 Å². The van der Waals surface area contributed by atoms with E-state index in [0.29, 0.717) is 11.1 Å². The highest BCUT2D eigenvalue weighted by molar-refractivity contribution is 6.30. The van der Waals surface area contributed by atoms with Gasteiger partial charge in [-0.1, -0.05) is 35.9 Å². The molecule has 2 aromatic heterocycles. The Morgan fingerprint density at radius 3 is 2.48 bits per heavy atom. The number of imidazole rings is 1. The Bertz CT molecular complexity index is 1140. The van der Waals surface area contributed by atoms with Crippen molar-refractivity contribution in [3.8, 4) is 11.4 Å². The summed E-state index contributed by atoms with van der Waals surface area (Å²) < 4.78 is 60.2.